The number of aryl methyl sites for hydroxylation is 1. The summed E-state index contributed by atoms with van der Waals surface area (Å²) < 4.78 is 25.5. The first-order valence-electron chi connectivity index (χ1n) is 12.7. The topological polar surface area (TPSA) is 154 Å². The number of aromatic nitrogens is 2. The van der Waals surface area contributed by atoms with Crippen LogP contribution in [-0.4, -0.2) is 85.9 Å². The van der Waals surface area contributed by atoms with E-state index in [2.05, 4.69) is 30.4 Å². The number of rotatable bonds is 8. The summed E-state index contributed by atoms with van der Waals surface area (Å²) in [7, 11) is -1.49. The summed E-state index contributed by atoms with van der Waals surface area (Å²) in [6, 6.07) is 5.26. The van der Waals surface area contributed by atoms with Gasteiger partial charge in [0.2, 0.25) is 0 Å². The maximum Gasteiger partial charge on any atom is 0.271 e. The molecule has 1 aliphatic carbocycles. The van der Waals surface area contributed by atoms with Crippen molar-refractivity contribution in [3.8, 4) is 0 Å². The number of piperazine rings is 1. The van der Waals surface area contributed by atoms with Crippen LogP contribution in [-0.2, 0) is 16.3 Å². The average molecular weight is 532 g/mol. The number of benzene rings is 1. The molecule has 1 aliphatic heterocycles. The molecule has 11 nitrogen and oxygen atoms in total. The number of anilines is 4. The van der Waals surface area contributed by atoms with E-state index in [1.54, 1.807) is 18.2 Å². The zero-order chi connectivity index (χ0) is 26.7. The average Bonchev–Trinajstić information content (AvgIpc) is 2.85. The van der Waals surface area contributed by atoms with E-state index < -0.39 is 15.7 Å². The molecule has 2 heterocycles. The van der Waals surface area contributed by atoms with Gasteiger partial charge in [-0.05, 0) is 57.4 Å². The molecule has 1 aromatic carbocycles. The number of hydrogen-bond donors (Lipinski definition) is 4. The summed E-state index contributed by atoms with van der Waals surface area (Å²) in [6.07, 6.45) is 4.50. The first-order chi connectivity index (χ1) is 17.5. The Balaban J connectivity index is 1.67. The molecule has 1 amide bonds. The Morgan fingerprint density at radius 1 is 1.11 bits per heavy atom. The zero-order valence-corrected chi connectivity index (χ0v) is 22.5. The molecule has 0 unspecified atom stereocenters. The van der Waals surface area contributed by atoms with Crippen LogP contribution in [0.1, 0.15) is 48.8 Å². The summed E-state index contributed by atoms with van der Waals surface area (Å²) >= 11 is 0. The minimum atomic E-state index is -3.54. The van der Waals surface area contributed by atoms with Crippen molar-refractivity contribution >= 4 is 38.8 Å². The molecule has 2 fully saturated rings. The zero-order valence-electron chi connectivity index (χ0n) is 21.7. The fourth-order valence-electron chi connectivity index (χ4n) is 4.84. The first kappa shape index (κ1) is 27.1. The fraction of sp³-hybridized carbons (Fsp3) is 0.560. The number of sulfone groups is 1. The predicted molar refractivity (Wildman–Crippen MR) is 144 cm³/mol. The molecule has 12 heteroatoms. The van der Waals surface area contributed by atoms with Crippen molar-refractivity contribution in [3.63, 3.8) is 0 Å². The highest BCUT2D eigenvalue weighted by Crippen LogP contribution is 2.32. The highest BCUT2D eigenvalue weighted by molar-refractivity contribution is 7.90. The normalized spacial score (nSPS) is 21.0. The number of nitrogens with one attached hydrogen (secondary N) is 2. The highest BCUT2D eigenvalue weighted by Gasteiger charge is 2.25. The third kappa shape index (κ3) is 6.49. The van der Waals surface area contributed by atoms with E-state index in [1.807, 2.05) is 14.0 Å². The Morgan fingerprint density at radius 2 is 1.78 bits per heavy atom. The number of aliphatic hydroxyl groups is 1. The largest absolute Gasteiger partial charge is 0.393 e. The van der Waals surface area contributed by atoms with Crippen molar-refractivity contribution in [2.24, 2.45) is 5.73 Å². The van der Waals surface area contributed by atoms with Crippen LogP contribution in [0.15, 0.2) is 23.1 Å². The maximum atomic E-state index is 12.7. The van der Waals surface area contributed by atoms with Crippen LogP contribution in [0.5, 0.6) is 0 Å². The van der Waals surface area contributed by atoms with Crippen molar-refractivity contribution in [3.05, 3.63) is 29.6 Å². The number of likely N-dealkylation sites (N-methyl/N-ethyl adjacent to an activating group) is 1. The Hall–Kier alpha value is -2.96. The molecule has 37 heavy (non-hydrogen) atoms. The molecule has 202 valence electrons. The second kappa shape index (κ2) is 11.2. The lowest BCUT2D eigenvalue weighted by Gasteiger charge is -2.35. The van der Waals surface area contributed by atoms with Gasteiger partial charge in [0.15, 0.2) is 21.3 Å². The van der Waals surface area contributed by atoms with Crippen molar-refractivity contribution in [1.82, 2.24) is 14.9 Å². The van der Waals surface area contributed by atoms with Gasteiger partial charge in [0.25, 0.3) is 5.91 Å². The van der Waals surface area contributed by atoms with E-state index in [0.717, 1.165) is 39.0 Å². The van der Waals surface area contributed by atoms with E-state index in [-0.39, 0.29) is 28.6 Å². The molecule has 2 aliphatic rings. The SMILES string of the molecule is CCc1nc(C(N)=O)c(Nc2ccc(N3CCN(C)CC3)c(S(C)(=O)=O)c2)nc1N[C@H]1CC[C@H](O)CC1. The molecule has 1 aromatic heterocycles. The van der Waals surface area contributed by atoms with E-state index in [1.165, 1.54) is 6.26 Å². The molecule has 0 spiro atoms. The van der Waals surface area contributed by atoms with Gasteiger partial charge in [-0.25, -0.2) is 18.4 Å². The van der Waals surface area contributed by atoms with Crippen LogP contribution in [0.2, 0.25) is 0 Å². The number of amides is 1. The van der Waals surface area contributed by atoms with E-state index in [9.17, 15) is 18.3 Å². The number of carbonyl (C=O) groups is 1. The van der Waals surface area contributed by atoms with Gasteiger partial charge in [0, 0.05) is 44.2 Å². The second-order valence-corrected chi connectivity index (χ2v) is 11.9. The van der Waals surface area contributed by atoms with Crippen LogP contribution in [0.3, 0.4) is 0 Å². The summed E-state index contributed by atoms with van der Waals surface area (Å²) in [6.45, 7) is 5.08. The molecule has 1 saturated carbocycles. The third-order valence-corrected chi connectivity index (χ3v) is 8.17. The molecule has 2 aromatic rings. The molecule has 1 saturated heterocycles. The third-order valence-electron chi connectivity index (χ3n) is 7.04. The lowest BCUT2D eigenvalue weighted by atomic mass is 9.93. The standard InChI is InChI=1S/C25H37N7O4S/c1-4-19-24(27-16-5-8-18(33)9-6-16)30-25(22(29-19)23(26)34)28-17-7-10-20(21(15-17)37(3,35)36)32-13-11-31(2)12-14-32/h7,10,15-16,18,33H,4-6,8-9,11-14H2,1-3H3,(H2,26,34)(H2,27,28,30)/t16-,18-. The molecule has 0 bridgehead atoms. The van der Waals surface area contributed by atoms with Gasteiger partial charge in [0.1, 0.15) is 5.82 Å². The van der Waals surface area contributed by atoms with Crippen LogP contribution >= 0.6 is 0 Å². The van der Waals surface area contributed by atoms with E-state index in [0.29, 0.717) is 42.1 Å². The van der Waals surface area contributed by atoms with Crippen LogP contribution < -0.4 is 21.3 Å². The summed E-state index contributed by atoms with van der Waals surface area (Å²) in [5.41, 5.74) is 7.37. The van der Waals surface area contributed by atoms with Gasteiger partial charge < -0.3 is 31.3 Å². The number of nitrogens with two attached hydrogens (primary N) is 1. The molecule has 5 N–H and O–H groups in total. The molecule has 4 rings (SSSR count). The lowest BCUT2D eigenvalue weighted by molar-refractivity contribution is 0.0995. The predicted octanol–water partition coefficient (Wildman–Crippen LogP) is 1.75. The minimum Gasteiger partial charge on any atom is -0.393 e. The van der Waals surface area contributed by atoms with Crippen molar-refractivity contribution < 1.29 is 18.3 Å². The minimum absolute atomic E-state index is 0.00878. The lowest BCUT2D eigenvalue weighted by Crippen LogP contribution is -2.44. The number of hydrogen-bond acceptors (Lipinski definition) is 10. The van der Waals surface area contributed by atoms with Gasteiger partial charge >= 0.3 is 0 Å². The quantitative estimate of drug-likeness (QED) is 0.396. The highest BCUT2D eigenvalue weighted by atomic mass is 32.2. The number of primary amides is 1. The van der Waals surface area contributed by atoms with Crippen LogP contribution in [0.25, 0.3) is 0 Å². The molecule has 0 radical (unpaired) electrons. The maximum absolute atomic E-state index is 12.7. The molecular formula is C25H37N7O4S. The van der Waals surface area contributed by atoms with Crippen LogP contribution in [0.4, 0.5) is 23.0 Å². The first-order valence-corrected chi connectivity index (χ1v) is 14.6. The van der Waals surface area contributed by atoms with Crippen molar-refractivity contribution in [1.29, 1.82) is 0 Å². The number of aliphatic hydroxyl groups excluding tert-OH is 1. The molecular weight excluding hydrogens is 494 g/mol. The summed E-state index contributed by atoms with van der Waals surface area (Å²) in [5, 5.41) is 16.3. The Labute approximate surface area is 218 Å². The second-order valence-electron chi connectivity index (χ2n) is 9.95. The van der Waals surface area contributed by atoms with Gasteiger partial charge in [-0.15, -0.1) is 0 Å². The van der Waals surface area contributed by atoms with Crippen LogP contribution in [0, 0.1) is 0 Å². The van der Waals surface area contributed by atoms with E-state index in [4.69, 9.17) is 5.73 Å². The number of carbonyl (C=O) groups excluding carboxylic acids is 1. The Kier molecular flexibility index (Phi) is 8.20. The Morgan fingerprint density at radius 3 is 2.38 bits per heavy atom. The smallest absolute Gasteiger partial charge is 0.271 e. The number of nitrogens with zero attached hydrogens (tertiary/aromatic N) is 4. The van der Waals surface area contributed by atoms with Gasteiger partial charge in [-0.3, -0.25) is 4.79 Å². The van der Waals surface area contributed by atoms with Crippen molar-refractivity contribution in [2.45, 2.75) is 56.1 Å². The fourth-order valence-corrected chi connectivity index (χ4v) is 5.76. The Bertz CT molecular complexity index is 1240. The summed E-state index contributed by atoms with van der Waals surface area (Å²) in [5.74, 6) is -0.0157. The van der Waals surface area contributed by atoms with Gasteiger partial charge in [-0.2, -0.15) is 0 Å². The summed E-state index contributed by atoms with van der Waals surface area (Å²) in [4.78, 5) is 25.9. The van der Waals surface area contributed by atoms with E-state index >= 15 is 0 Å². The monoisotopic (exact) mass is 531 g/mol. The van der Waals surface area contributed by atoms with Gasteiger partial charge in [-0.1, -0.05) is 6.92 Å². The molecule has 0 atom stereocenters. The van der Waals surface area contributed by atoms with Crippen molar-refractivity contribution in [2.75, 3.05) is 55.0 Å². The van der Waals surface area contributed by atoms with Gasteiger partial charge in [0.05, 0.1) is 22.4 Å².